The van der Waals surface area contributed by atoms with Gasteiger partial charge in [-0.15, -0.1) is 0 Å². The molecule has 2 saturated heterocycles. The molecule has 3 aliphatic heterocycles. The number of fused-ring (bicyclic) bond motifs is 5. The molecule has 2 unspecified atom stereocenters. The molecule has 1 aliphatic carbocycles. The maximum absolute atomic E-state index is 13.8. The summed E-state index contributed by atoms with van der Waals surface area (Å²) >= 11 is 0. The van der Waals surface area contributed by atoms with E-state index in [1.54, 1.807) is 4.90 Å². The Balaban J connectivity index is 1.36. The maximum Gasteiger partial charge on any atom is 0.276 e. The van der Waals surface area contributed by atoms with Gasteiger partial charge in [-0.2, -0.15) is 0 Å². The average molecular weight is 447 g/mol. The van der Waals surface area contributed by atoms with Gasteiger partial charge in [-0.1, -0.05) is 6.07 Å². The summed E-state index contributed by atoms with van der Waals surface area (Å²) < 4.78 is 33.0. The lowest BCUT2D eigenvalue weighted by atomic mass is 9.88. The van der Waals surface area contributed by atoms with Crippen LogP contribution in [0.2, 0.25) is 0 Å². The molecule has 2 amide bonds. The van der Waals surface area contributed by atoms with Crippen LogP contribution in [0.5, 0.6) is 0 Å². The number of nitrogens with one attached hydrogen (secondary N) is 1. The molecule has 10 heteroatoms. The van der Waals surface area contributed by atoms with Crippen molar-refractivity contribution in [3.63, 3.8) is 0 Å². The molecule has 1 saturated carbocycles. The topological polar surface area (TPSA) is 102 Å². The van der Waals surface area contributed by atoms with E-state index in [1.165, 1.54) is 17.2 Å². The Morgan fingerprint density at radius 2 is 2.09 bits per heavy atom. The number of amides is 2. The van der Waals surface area contributed by atoms with Gasteiger partial charge in [0.25, 0.3) is 11.8 Å². The first kappa shape index (κ1) is 20.9. The maximum atomic E-state index is 13.8. The van der Waals surface area contributed by atoms with Crippen LogP contribution in [0.4, 0.5) is 8.78 Å². The zero-order valence-corrected chi connectivity index (χ0v) is 17.1. The van der Waals surface area contributed by atoms with Crippen LogP contribution in [-0.4, -0.2) is 62.8 Å². The van der Waals surface area contributed by atoms with Crippen molar-refractivity contribution in [3.05, 3.63) is 58.6 Å². The molecule has 3 heterocycles. The van der Waals surface area contributed by atoms with E-state index in [4.69, 9.17) is 4.74 Å². The van der Waals surface area contributed by atoms with Crippen LogP contribution in [0, 0.1) is 11.6 Å². The number of rotatable bonds is 3. The second kappa shape index (κ2) is 7.86. The fraction of sp³-hybridized carbons (Fsp3) is 0.455. The summed E-state index contributed by atoms with van der Waals surface area (Å²) in [5, 5.41) is 23.6. The largest absolute Gasteiger partial charge is 0.507 e. The molecule has 0 spiro atoms. The van der Waals surface area contributed by atoms with Gasteiger partial charge in [0.05, 0.1) is 18.2 Å². The van der Waals surface area contributed by atoms with E-state index >= 15 is 0 Å². The predicted octanol–water partition coefficient (Wildman–Crippen LogP) is 1.42. The Labute approximate surface area is 182 Å². The average Bonchev–Trinajstić information content (AvgIpc) is 2.75. The van der Waals surface area contributed by atoms with Crippen LogP contribution >= 0.6 is 0 Å². The Kier molecular flexibility index (Phi) is 5.13. The first-order valence-electron chi connectivity index (χ1n) is 10.6. The van der Waals surface area contributed by atoms with Crippen molar-refractivity contribution >= 4 is 11.8 Å². The van der Waals surface area contributed by atoms with E-state index in [9.17, 15) is 28.6 Å². The Morgan fingerprint density at radius 3 is 2.88 bits per heavy atom. The van der Waals surface area contributed by atoms with Crippen LogP contribution in [0.1, 0.15) is 31.2 Å². The Bertz CT molecular complexity index is 1040. The van der Waals surface area contributed by atoms with Crippen LogP contribution in [0.15, 0.2) is 41.4 Å². The lowest BCUT2D eigenvalue weighted by molar-refractivity contribution is -0.199. The number of nitrogens with zero attached hydrogens (tertiary/aromatic N) is 2. The molecule has 0 radical (unpaired) electrons. The molecule has 2 bridgehead atoms. The van der Waals surface area contributed by atoms with Crippen molar-refractivity contribution in [1.29, 1.82) is 0 Å². The zero-order valence-electron chi connectivity index (χ0n) is 17.1. The number of piperazine rings is 1. The van der Waals surface area contributed by atoms with Gasteiger partial charge >= 0.3 is 0 Å². The number of hydrogen-bond donors (Lipinski definition) is 3. The number of carbonyl (C=O) groups is 2. The summed E-state index contributed by atoms with van der Waals surface area (Å²) in [7, 11) is 0. The van der Waals surface area contributed by atoms with E-state index < -0.39 is 41.5 Å². The first-order chi connectivity index (χ1) is 15.3. The minimum Gasteiger partial charge on any atom is -0.507 e. The standard InChI is InChI=1S/C22H23F2N3O5/c23-12-5-4-11(16(24)6-12)8-25-21(30)15-9-26-10-17-27(13-2-1-3-14(7-13)32-17)22(31)18(26)20(29)19(15)28/h4-6,9,13-14,17,19,28-29H,1-3,7-8,10H2,(H,25,30)/t13-,14+,17?,19?/m1/s1. The van der Waals surface area contributed by atoms with Crippen LogP contribution in [0.25, 0.3) is 0 Å². The van der Waals surface area contributed by atoms with Gasteiger partial charge in [-0.05, 0) is 31.7 Å². The van der Waals surface area contributed by atoms with E-state index in [0.717, 1.165) is 31.7 Å². The monoisotopic (exact) mass is 447 g/mol. The number of ether oxygens (including phenoxy) is 1. The highest BCUT2D eigenvalue weighted by Crippen LogP contribution is 2.39. The molecule has 5 rings (SSSR count). The van der Waals surface area contributed by atoms with Gasteiger partial charge in [0, 0.05) is 30.4 Å². The molecule has 8 nitrogen and oxygen atoms in total. The Hall–Kier alpha value is -2.98. The van der Waals surface area contributed by atoms with Gasteiger partial charge in [0.15, 0.2) is 12.0 Å². The lowest BCUT2D eigenvalue weighted by Crippen LogP contribution is -2.64. The van der Waals surface area contributed by atoms with Crippen molar-refractivity contribution < 1.29 is 33.3 Å². The van der Waals surface area contributed by atoms with Gasteiger partial charge in [-0.25, -0.2) is 8.78 Å². The predicted molar refractivity (Wildman–Crippen MR) is 106 cm³/mol. The SMILES string of the molecule is O=C(NCc1ccc(F)cc1F)C1=CN2CC3O[C@H]4CCC[C@H](C4)N3C(=O)C2=C(O)C1O. The van der Waals surface area contributed by atoms with Crippen molar-refractivity contribution in [3.8, 4) is 0 Å². The Morgan fingerprint density at radius 1 is 1.28 bits per heavy atom. The fourth-order valence-corrected chi connectivity index (χ4v) is 4.97. The summed E-state index contributed by atoms with van der Waals surface area (Å²) in [6, 6.07) is 3.02. The molecule has 4 aliphatic rings. The van der Waals surface area contributed by atoms with Gasteiger partial charge < -0.3 is 30.1 Å². The van der Waals surface area contributed by atoms with Crippen LogP contribution in [-0.2, 0) is 20.9 Å². The van der Waals surface area contributed by atoms with E-state index in [-0.39, 0.29) is 42.1 Å². The normalized spacial score (nSPS) is 29.3. The third-order valence-electron chi connectivity index (χ3n) is 6.54. The van der Waals surface area contributed by atoms with Crippen molar-refractivity contribution in [2.45, 2.75) is 56.7 Å². The summed E-state index contributed by atoms with van der Waals surface area (Å²) in [6.45, 7) is -0.0254. The van der Waals surface area contributed by atoms with Gasteiger partial charge in [0.2, 0.25) is 0 Å². The number of aliphatic hydroxyl groups excluding tert-OH is 2. The molecule has 3 N–H and O–H groups in total. The molecule has 0 aromatic heterocycles. The lowest BCUT2D eigenvalue weighted by Gasteiger charge is -2.53. The molecular formula is C22H23F2N3O5. The number of aliphatic hydroxyl groups is 2. The third-order valence-corrected chi connectivity index (χ3v) is 6.54. The second-order valence-corrected chi connectivity index (χ2v) is 8.54. The van der Waals surface area contributed by atoms with E-state index in [2.05, 4.69) is 5.32 Å². The van der Waals surface area contributed by atoms with Crippen LogP contribution < -0.4 is 5.32 Å². The van der Waals surface area contributed by atoms with E-state index in [0.29, 0.717) is 6.07 Å². The van der Waals surface area contributed by atoms with Crippen LogP contribution in [0.3, 0.4) is 0 Å². The highest BCUT2D eigenvalue weighted by Gasteiger charge is 2.49. The number of halogens is 2. The molecular weight excluding hydrogens is 424 g/mol. The van der Waals surface area contributed by atoms with Crippen molar-refractivity contribution in [2.75, 3.05) is 6.54 Å². The second-order valence-electron chi connectivity index (χ2n) is 8.54. The minimum absolute atomic E-state index is 0.0267. The highest BCUT2D eigenvalue weighted by molar-refractivity contribution is 5.99. The summed E-state index contributed by atoms with van der Waals surface area (Å²) in [5.41, 5.74) is -0.189. The molecule has 1 aromatic rings. The smallest absolute Gasteiger partial charge is 0.276 e. The number of benzene rings is 1. The minimum atomic E-state index is -1.70. The third kappa shape index (κ3) is 3.43. The molecule has 32 heavy (non-hydrogen) atoms. The number of hydrogen-bond acceptors (Lipinski definition) is 6. The molecule has 3 fully saturated rings. The molecule has 4 atom stereocenters. The quantitative estimate of drug-likeness (QED) is 0.648. The summed E-state index contributed by atoms with van der Waals surface area (Å²) in [6.07, 6.45) is 2.70. The zero-order chi connectivity index (χ0) is 22.6. The fourth-order valence-electron chi connectivity index (χ4n) is 4.97. The van der Waals surface area contributed by atoms with Crippen molar-refractivity contribution in [2.24, 2.45) is 0 Å². The summed E-state index contributed by atoms with van der Waals surface area (Å²) in [4.78, 5) is 28.9. The van der Waals surface area contributed by atoms with Gasteiger partial charge in [-0.3, -0.25) is 9.59 Å². The van der Waals surface area contributed by atoms with Crippen molar-refractivity contribution in [1.82, 2.24) is 15.1 Å². The highest BCUT2D eigenvalue weighted by atomic mass is 19.1. The first-order valence-corrected chi connectivity index (χ1v) is 10.6. The molecule has 1 aromatic carbocycles. The molecule has 170 valence electrons. The van der Waals surface area contributed by atoms with E-state index in [1.807, 2.05) is 0 Å². The summed E-state index contributed by atoms with van der Waals surface area (Å²) in [5.74, 6) is -3.33. The number of carbonyl (C=O) groups excluding carboxylic acids is 2. The van der Waals surface area contributed by atoms with Gasteiger partial charge in [0.1, 0.15) is 23.4 Å².